The Morgan fingerprint density at radius 3 is 2.55 bits per heavy atom. The molecule has 5 nitrogen and oxygen atoms in total. The van der Waals surface area contributed by atoms with Crippen LogP contribution < -0.4 is 10.2 Å². The lowest BCUT2D eigenvalue weighted by molar-refractivity contribution is -0.120. The SMILES string of the molecule is O=C(Nc1cccc(Cl)c1)C1CCCN(c2ccc(-c3ccc(Cl)cc3)nn2)C1. The molecular formula is C22H20Cl2N4O. The lowest BCUT2D eigenvalue weighted by Crippen LogP contribution is -2.41. The smallest absolute Gasteiger partial charge is 0.229 e. The highest BCUT2D eigenvalue weighted by molar-refractivity contribution is 6.31. The van der Waals surface area contributed by atoms with E-state index in [0.29, 0.717) is 22.3 Å². The van der Waals surface area contributed by atoms with Gasteiger partial charge in [-0.15, -0.1) is 10.2 Å². The Labute approximate surface area is 179 Å². The maximum Gasteiger partial charge on any atom is 0.229 e. The molecule has 1 aliphatic heterocycles. The van der Waals surface area contributed by atoms with Gasteiger partial charge < -0.3 is 10.2 Å². The molecule has 2 heterocycles. The summed E-state index contributed by atoms with van der Waals surface area (Å²) in [7, 11) is 0. The van der Waals surface area contributed by atoms with Gasteiger partial charge in [-0.2, -0.15) is 0 Å². The molecule has 1 N–H and O–H groups in total. The van der Waals surface area contributed by atoms with Crippen LogP contribution in [0.25, 0.3) is 11.3 Å². The zero-order chi connectivity index (χ0) is 20.2. The maximum absolute atomic E-state index is 12.7. The number of nitrogens with zero attached hydrogens (tertiary/aromatic N) is 3. The molecule has 4 rings (SSSR count). The molecule has 2 aromatic carbocycles. The molecule has 1 aliphatic rings. The summed E-state index contributed by atoms with van der Waals surface area (Å²) in [6, 6.07) is 18.6. The Kier molecular flexibility index (Phi) is 5.97. The number of benzene rings is 2. The van der Waals surface area contributed by atoms with Crippen LogP contribution in [-0.2, 0) is 4.79 Å². The molecule has 1 saturated heterocycles. The number of carbonyl (C=O) groups is 1. The summed E-state index contributed by atoms with van der Waals surface area (Å²) < 4.78 is 0. The second kappa shape index (κ2) is 8.80. The first-order chi connectivity index (χ1) is 14.1. The molecule has 1 amide bonds. The van der Waals surface area contributed by atoms with Crippen LogP contribution in [-0.4, -0.2) is 29.2 Å². The molecule has 0 aliphatic carbocycles. The molecule has 1 atom stereocenters. The van der Waals surface area contributed by atoms with Gasteiger partial charge in [0, 0.05) is 34.4 Å². The van der Waals surface area contributed by atoms with Gasteiger partial charge in [-0.3, -0.25) is 4.79 Å². The number of carbonyl (C=O) groups excluding carboxylic acids is 1. The highest BCUT2D eigenvalue weighted by atomic mass is 35.5. The number of hydrogen-bond acceptors (Lipinski definition) is 4. The molecule has 0 saturated carbocycles. The number of halogens is 2. The number of anilines is 2. The first kappa shape index (κ1) is 19.7. The summed E-state index contributed by atoms with van der Waals surface area (Å²) in [5, 5.41) is 13.0. The fourth-order valence-corrected chi connectivity index (χ4v) is 3.79. The highest BCUT2D eigenvalue weighted by Crippen LogP contribution is 2.25. The third-order valence-corrected chi connectivity index (χ3v) is 5.49. The predicted molar refractivity (Wildman–Crippen MR) is 117 cm³/mol. The van der Waals surface area contributed by atoms with Crippen molar-refractivity contribution in [3.63, 3.8) is 0 Å². The number of rotatable bonds is 4. The maximum atomic E-state index is 12.7. The van der Waals surface area contributed by atoms with Crippen molar-refractivity contribution in [3.05, 3.63) is 70.7 Å². The molecule has 0 bridgehead atoms. The quantitative estimate of drug-likeness (QED) is 0.614. The Morgan fingerprint density at radius 1 is 1.00 bits per heavy atom. The van der Waals surface area contributed by atoms with Gasteiger partial charge >= 0.3 is 0 Å². The second-order valence-corrected chi connectivity index (χ2v) is 7.94. The third-order valence-electron chi connectivity index (χ3n) is 5.00. The molecular weight excluding hydrogens is 407 g/mol. The lowest BCUT2D eigenvalue weighted by atomic mass is 9.97. The largest absolute Gasteiger partial charge is 0.354 e. The molecule has 29 heavy (non-hydrogen) atoms. The second-order valence-electron chi connectivity index (χ2n) is 7.07. The standard InChI is InChI=1S/C22H20Cl2N4O/c23-17-8-6-15(7-9-17)20-10-11-21(27-26-20)28-12-2-3-16(14-28)22(29)25-19-5-1-4-18(24)13-19/h1,4-11,13,16H,2-3,12,14H2,(H,25,29). The monoisotopic (exact) mass is 426 g/mol. The average Bonchev–Trinajstić information content (AvgIpc) is 2.74. The number of amides is 1. The molecule has 1 aromatic heterocycles. The van der Waals surface area contributed by atoms with Crippen LogP contribution in [0.1, 0.15) is 12.8 Å². The van der Waals surface area contributed by atoms with Crippen molar-refractivity contribution in [2.24, 2.45) is 5.92 Å². The van der Waals surface area contributed by atoms with E-state index in [1.165, 1.54) is 0 Å². The van der Waals surface area contributed by atoms with E-state index in [4.69, 9.17) is 23.2 Å². The Hall–Kier alpha value is -2.63. The van der Waals surface area contributed by atoms with Crippen LogP contribution in [0.5, 0.6) is 0 Å². The van der Waals surface area contributed by atoms with Crippen molar-refractivity contribution in [2.45, 2.75) is 12.8 Å². The molecule has 7 heteroatoms. The van der Waals surface area contributed by atoms with Gasteiger partial charge in [0.1, 0.15) is 0 Å². The van der Waals surface area contributed by atoms with E-state index in [1.54, 1.807) is 12.1 Å². The summed E-state index contributed by atoms with van der Waals surface area (Å²) in [4.78, 5) is 14.8. The van der Waals surface area contributed by atoms with Crippen molar-refractivity contribution in [1.82, 2.24) is 10.2 Å². The van der Waals surface area contributed by atoms with Crippen LogP contribution in [0.15, 0.2) is 60.7 Å². The van der Waals surface area contributed by atoms with Gasteiger partial charge in [0.2, 0.25) is 5.91 Å². The van der Waals surface area contributed by atoms with Crippen LogP contribution >= 0.6 is 23.2 Å². The summed E-state index contributed by atoms with van der Waals surface area (Å²) in [6.45, 7) is 1.47. The average molecular weight is 427 g/mol. The van der Waals surface area contributed by atoms with E-state index in [1.807, 2.05) is 48.5 Å². The summed E-state index contributed by atoms with van der Waals surface area (Å²) in [5.74, 6) is 0.672. The van der Waals surface area contributed by atoms with Crippen LogP contribution in [0.2, 0.25) is 10.0 Å². The molecule has 0 radical (unpaired) electrons. The first-order valence-electron chi connectivity index (χ1n) is 9.49. The van der Waals surface area contributed by atoms with Gasteiger partial charge in [-0.05, 0) is 55.3 Å². The van der Waals surface area contributed by atoms with E-state index in [-0.39, 0.29) is 11.8 Å². The van der Waals surface area contributed by atoms with E-state index in [9.17, 15) is 4.79 Å². The molecule has 0 spiro atoms. The normalized spacial score (nSPS) is 16.5. The zero-order valence-corrected chi connectivity index (χ0v) is 17.2. The molecule has 148 valence electrons. The third kappa shape index (κ3) is 4.86. The van der Waals surface area contributed by atoms with Crippen molar-refractivity contribution >= 4 is 40.6 Å². The topological polar surface area (TPSA) is 58.1 Å². The van der Waals surface area contributed by atoms with E-state index in [0.717, 1.165) is 36.5 Å². The van der Waals surface area contributed by atoms with Gasteiger partial charge in [0.05, 0.1) is 11.6 Å². The van der Waals surface area contributed by atoms with Gasteiger partial charge in [-0.1, -0.05) is 41.4 Å². The number of piperidine rings is 1. The van der Waals surface area contributed by atoms with Crippen molar-refractivity contribution < 1.29 is 4.79 Å². The molecule has 3 aromatic rings. The molecule has 1 unspecified atom stereocenters. The Balaban J connectivity index is 1.42. The van der Waals surface area contributed by atoms with E-state index in [2.05, 4.69) is 20.4 Å². The molecule has 1 fully saturated rings. The Morgan fingerprint density at radius 2 is 1.83 bits per heavy atom. The van der Waals surface area contributed by atoms with Gasteiger partial charge in [0.15, 0.2) is 5.82 Å². The highest BCUT2D eigenvalue weighted by Gasteiger charge is 2.27. The minimum atomic E-state index is -0.111. The number of aromatic nitrogens is 2. The summed E-state index contributed by atoms with van der Waals surface area (Å²) in [6.07, 6.45) is 1.77. The van der Waals surface area contributed by atoms with Gasteiger partial charge in [0.25, 0.3) is 0 Å². The number of nitrogens with one attached hydrogen (secondary N) is 1. The van der Waals surface area contributed by atoms with Crippen LogP contribution in [0, 0.1) is 5.92 Å². The fourth-order valence-electron chi connectivity index (χ4n) is 3.48. The van der Waals surface area contributed by atoms with Crippen molar-refractivity contribution in [1.29, 1.82) is 0 Å². The van der Waals surface area contributed by atoms with Gasteiger partial charge in [-0.25, -0.2) is 0 Å². The predicted octanol–water partition coefficient (Wildman–Crippen LogP) is 5.31. The first-order valence-corrected chi connectivity index (χ1v) is 10.2. The summed E-state index contributed by atoms with van der Waals surface area (Å²) >= 11 is 11.9. The van der Waals surface area contributed by atoms with Crippen LogP contribution in [0.4, 0.5) is 11.5 Å². The van der Waals surface area contributed by atoms with E-state index < -0.39 is 0 Å². The van der Waals surface area contributed by atoms with E-state index >= 15 is 0 Å². The van der Waals surface area contributed by atoms with Crippen molar-refractivity contribution in [2.75, 3.05) is 23.3 Å². The fraction of sp³-hybridized carbons (Fsp3) is 0.227. The van der Waals surface area contributed by atoms with Crippen LogP contribution in [0.3, 0.4) is 0 Å². The van der Waals surface area contributed by atoms with Crippen molar-refractivity contribution in [3.8, 4) is 11.3 Å². The lowest BCUT2D eigenvalue weighted by Gasteiger charge is -2.32. The Bertz CT molecular complexity index is 992. The number of hydrogen-bond donors (Lipinski definition) is 1. The summed E-state index contributed by atoms with van der Waals surface area (Å²) in [5.41, 5.74) is 2.47. The zero-order valence-electron chi connectivity index (χ0n) is 15.7. The minimum absolute atomic E-state index is 0.00251. The minimum Gasteiger partial charge on any atom is -0.354 e.